The summed E-state index contributed by atoms with van der Waals surface area (Å²) in [6.45, 7) is -0.123. The normalized spacial score (nSPS) is 16.0. The average molecular weight is 440 g/mol. The summed E-state index contributed by atoms with van der Waals surface area (Å²) < 4.78 is 1.34. The predicted octanol–water partition coefficient (Wildman–Crippen LogP) is 3.75. The third kappa shape index (κ3) is 4.10. The van der Waals surface area contributed by atoms with E-state index in [1.54, 1.807) is 17.7 Å². The Hall–Kier alpha value is -1.55. The quantitative estimate of drug-likeness (QED) is 0.580. The highest BCUT2D eigenvalue weighted by Gasteiger charge is 2.33. The molecule has 1 N–H and O–H groups in total. The highest BCUT2D eigenvalue weighted by molar-refractivity contribution is 9.10. The lowest BCUT2D eigenvalue weighted by atomic mass is 10.2. The van der Waals surface area contributed by atoms with Gasteiger partial charge in [-0.1, -0.05) is 52.0 Å². The van der Waals surface area contributed by atoms with E-state index < -0.39 is 0 Å². The van der Waals surface area contributed by atoms with Gasteiger partial charge >= 0.3 is 0 Å². The van der Waals surface area contributed by atoms with E-state index in [4.69, 9.17) is 12.2 Å². The first-order valence-electron chi connectivity index (χ1n) is 6.73. The molecule has 1 fully saturated rings. The minimum Gasteiger partial charge on any atom is -0.300 e. The van der Waals surface area contributed by atoms with E-state index in [0.29, 0.717) is 14.4 Å². The van der Waals surface area contributed by atoms with Gasteiger partial charge in [-0.25, -0.2) is 4.98 Å². The second-order valence-corrected chi connectivity index (χ2v) is 8.19. The first kappa shape index (κ1) is 17.3. The van der Waals surface area contributed by atoms with E-state index in [0.717, 1.165) is 10.0 Å². The lowest BCUT2D eigenvalue weighted by Crippen LogP contribution is -2.36. The summed E-state index contributed by atoms with van der Waals surface area (Å²) in [6.07, 6.45) is 3.37. The van der Waals surface area contributed by atoms with Gasteiger partial charge in [0, 0.05) is 16.0 Å². The summed E-state index contributed by atoms with van der Waals surface area (Å²) >= 11 is 11.1. The van der Waals surface area contributed by atoms with E-state index in [9.17, 15) is 9.59 Å². The smallest absolute Gasteiger partial charge is 0.266 e. The molecule has 1 aliphatic rings. The Labute approximate surface area is 160 Å². The van der Waals surface area contributed by atoms with Gasteiger partial charge < -0.3 is 5.32 Å². The largest absolute Gasteiger partial charge is 0.300 e. The minimum absolute atomic E-state index is 0.123. The van der Waals surface area contributed by atoms with E-state index in [-0.39, 0.29) is 18.4 Å². The van der Waals surface area contributed by atoms with Crippen LogP contribution in [0.2, 0.25) is 0 Å². The number of halogens is 1. The molecule has 0 saturated carbocycles. The van der Waals surface area contributed by atoms with Crippen molar-refractivity contribution in [1.29, 1.82) is 0 Å². The van der Waals surface area contributed by atoms with Gasteiger partial charge in [0.2, 0.25) is 5.91 Å². The number of thiazole rings is 1. The number of carbonyl (C=O) groups excluding carboxylic acids is 2. The Bertz CT molecular complexity index is 819. The molecule has 24 heavy (non-hydrogen) atoms. The number of amides is 2. The number of nitrogens with one attached hydrogen (secondary N) is 1. The molecule has 1 aromatic carbocycles. The zero-order valence-electron chi connectivity index (χ0n) is 12.1. The van der Waals surface area contributed by atoms with Crippen molar-refractivity contribution in [1.82, 2.24) is 9.88 Å². The summed E-state index contributed by atoms with van der Waals surface area (Å²) in [7, 11) is 0. The van der Waals surface area contributed by atoms with Gasteiger partial charge in [-0.2, -0.15) is 0 Å². The summed E-state index contributed by atoms with van der Waals surface area (Å²) in [5.41, 5.74) is 0.894. The van der Waals surface area contributed by atoms with E-state index in [1.807, 2.05) is 24.3 Å². The standard InChI is InChI=1S/C15H10BrN3O2S3/c16-10-3-1-9(2-4-10)7-11-13(21)19(15(22)24-11)8-12(20)18-14-17-5-6-23-14/h1-7H,8H2,(H,17,18,20). The molecular formula is C15H10BrN3O2S3. The Kier molecular flexibility index (Phi) is 5.44. The highest BCUT2D eigenvalue weighted by Crippen LogP contribution is 2.32. The molecule has 1 aliphatic heterocycles. The summed E-state index contributed by atoms with van der Waals surface area (Å²) in [5, 5.41) is 4.90. The highest BCUT2D eigenvalue weighted by atomic mass is 79.9. The lowest BCUT2D eigenvalue weighted by Gasteiger charge is -2.13. The molecule has 9 heteroatoms. The number of aromatic nitrogens is 1. The molecule has 5 nitrogen and oxygen atoms in total. The van der Waals surface area contributed by atoms with Crippen molar-refractivity contribution in [3.8, 4) is 0 Å². The van der Waals surface area contributed by atoms with Crippen LogP contribution in [0, 0.1) is 0 Å². The number of rotatable bonds is 4. The van der Waals surface area contributed by atoms with E-state index in [1.165, 1.54) is 28.0 Å². The van der Waals surface area contributed by atoms with Crippen molar-refractivity contribution < 1.29 is 9.59 Å². The Morgan fingerprint density at radius 3 is 2.79 bits per heavy atom. The number of anilines is 1. The van der Waals surface area contributed by atoms with E-state index >= 15 is 0 Å². The van der Waals surface area contributed by atoms with Crippen LogP contribution in [0.15, 0.2) is 45.2 Å². The van der Waals surface area contributed by atoms with Crippen molar-refractivity contribution in [2.75, 3.05) is 11.9 Å². The van der Waals surface area contributed by atoms with Gasteiger partial charge in [0.25, 0.3) is 5.91 Å². The monoisotopic (exact) mass is 439 g/mol. The Morgan fingerprint density at radius 1 is 1.38 bits per heavy atom. The summed E-state index contributed by atoms with van der Waals surface area (Å²) in [6, 6.07) is 7.58. The number of benzene rings is 1. The molecule has 1 saturated heterocycles. The van der Waals surface area contributed by atoms with Gasteiger partial charge in [0.15, 0.2) is 5.13 Å². The van der Waals surface area contributed by atoms with Crippen LogP contribution in [-0.2, 0) is 9.59 Å². The Morgan fingerprint density at radius 2 is 2.12 bits per heavy atom. The number of carbonyl (C=O) groups is 2. The van der Waals surface area contributed by atoms with Crippen molar-refractivity contribution >= 4 is 78.6 Å². The van der Waals surface area contributed by atoms with Crippen molar-refractivity contribution in [2.24, 2.45) is 0 Å². The van der Waals surface area contributed by atoms with Crippen LogP contribution < -0.4 is 5.32 Å². The molecular weight excluding hydrogens is 430 g/mol. The third-order valence-electron chi connectivity index (χ3n) is 3.02. The van der Waals surface area contributed by atoms with Gasteiger partial charge in [0.1, 0.15) is 10.9 Å². The van der Waals surface area contributed by atoms with Gasteiger partial charge in [-0.15, -0.1) is 11.3 Å². The maximum Gasteiger partial charge on any atom is 0.266 e. The SMILES string of the molecule is O=C(CN1C(=O)C(=Cc2ccc(Br)cc2)SC1=S)Nc1nccs1. The van der Waals surface area contributed by atoms with Gasteiger partial charge in [-0.3, -0.25) is 14.5 Å². The average Bonchev–Trinajstić information content (AvgIpc) is 3.14. The topological polar surface area (TPSA) is 62.3 Å². The van der Waals surface area contributed by atoms with Crippen LogP contribution in [0.3, 0.4) is 0 Å². The fraction of sp³-hybridized carbons (Fsp3) is 0.0667. The molecule has 2 aromatic rings. The van der Waals surface area contributed by atoms with Crippen molar-refractivity contribution in [2.45, 2.75) is 0 Å². The molecule has 122 valence electrons. The molecule has 3 rings (SSSR count). The molecule has 1 aromatic heterocycles. The lowest BCUT2D eigenvalue weighted by molar-refractivity contribution is -0.126. The van der Waals surface area contributed by atoms with Crippen LogP contribution in [0.4, 0.5) is 5.13 Å². The molecule has 0 radical (unpaired) electrons. The molecule has 2 amide bonds. The first-order valence-corrected chi connectivity index (χ1v) is 9.63. The number of thioether (sulfide) groups is 1. The summed E-state index contributed by atoms with van der Waals surface area (Å²) in [4.78, 5) is 30.3. The minimum atomic E-state index is -0.328. The second kappa shape index (κ2) is 7.56. The predicted molar refractivity (Wildman–Crippen MR) is 105 cm³/mol. The molecule has 2 heterocycles. The van der Waals surface area contributed by atoms with Crippen LogP contribution >= 0.6 is 51.2 Å². The van der Waals surface area contributed by atoms with Crippen LogP contribution in [0.5, 0.6) is 0 Å². The zero-order valence-corrected chi connectivity index (χ0v) is 16.1. The molecule has 0 unspecified atom stereocenters. The number of hydrogen-bond donors (Lipinski definition) is 1. The zero-order chi connectivity index (χ0) is 17.1. The maximum atomic E-state index is 12.5. The first-order chi connectivity index (χ1) is 11.5. The maximum absolute atomic E-state index is 12.5. The number of thiocarbonyl (C=S) groups is 1. The van der Waals surface area contributed by atoms with Crippen molar-refractivity contribution in [3.63, 3.8) is 0 Å². The van der Waals surface area contributed by atoms with Crippen LogP contribution in [-0.4, -0.2) is 32.6 Å². The molecule has 0 atom stereocenters. The van der Waals surface area contributed by atoms with Crippen LogP contribution in [0.25, 0.3) is 6.08 Å². The van der Waals surface area contributed by atoms with E-state index in [2.05, 4.69) is 26.2 Å². The number of nitrogens with zero attached hydrogens (tertiary/aromatic N) is 2. The van der Waals surface area contributed by atoms with Crippen LogP contribution in [0.1, 0.15) is 5.56 Å². The van der Waals surface area contributed by atoms with Gasteiger partial charge in [-0.05, 0) is 23.8 Å². The number of hydrogen-bond acceptors (Lipinski definition) is 6. The molecule has 0 spiro atoms. The Balaban J connectivity index is 1.69. The third-order valence-corrected chi connectivity index (χ3v) is 5.62. The van der Waals surface area contributed by atoms with Crippen molar-refractivity contribution in [3.05, 3.63) is 50.8 Å². The second-order valence-electron chi connectivity index (χ2n) is 4.70. The molecule has 0 bridgehead atoms. The van der Waals surface area contributed by atoms with Gasteiger partial charge in [0.05, 0.1) is 4.91 Å². The fourth-order valence-electron chi connectivity index (χ4n) is 1.93. The summed E-state index contributed by atoms with van der Waals surface area (Å²) in [5.74, 6) is -0.589. The fourth-order valence-corrected chi connectivity index (χ4v) is 4.00. The molecule has 0 aliphatic carbocycles.